The molecule has 0 aliphatic carbocycles. The predicted octanol–water partition coefficient (Wildman–Crippen LogP) is -0.144. The number of nitrogens with two attached hydrogens (primary N) is 1. The van der Waals surface area contributed by atoms with Gasteiger partial charge < -0.3 is 32.3 Å². The molecule has 0 atom stereocenters. The second-order valence-corrected chi connectivity index (χ2v) is 8.27. The van der Waals surface area contributed by atoms with Crippen molar-refractivity contribution in [1.82, 2.24) is 0 Å². The summed E-state index contributed by atoms with van der Waals surface area (Å²) in [4.78, 5) is 0. The molecule has 0 aromatic heterocycles. The largest absolute Gasteiger partial charge is 0.500 e. The van der Waals surface area contributed by atoms with Crippen molar-refractivity contribution in [2.24, 2.45) is 5.73 Å². The van der Waals surface area contributed by atoms with Gasteiger partial charge in [-0.2, -0.15) is 0 Å². The molecule has 0 unspecified atom stereocenters. The average molecular weight is 301 g/mol. The molecule has 0 saturated heterocycles. The molecule has 0 fully saturated rings. The molecule has 0 bridgehead atoms. The lowest BCUT2D eigenvalue weighted by Crippen LogP contribution is -2.42. The van der Waals surface area contributed by atoms with Gasteiger partial charge in [-0.25, -0.2) is 0 Å². The van der Waals surface area contributed by atoms with E-state index in [9.17, 15) is 0 Å². The fourth-order valence-corrected chi connectivity index (χ4v) is 3.49. The summed E-state index contributed by atoms with van der Waals surface area (Å²) in [5.74, 6) is 0. The summed E-state index contributed by atoms with van der Waals surface area (Å²) in [7, 11) is 5.55. The molecule has 2 N–H and O–H groups in total. The summed E-state index contributed by atoms with van der Waals surface area (Å²) >= 11 is 0. The molecule has 0 heterocycles. The van der Waals surface area contributed by atoms with E-state index in [-0.39, 0.29) is 0 Å². The van der Waals surface area contributed by atoms with Gasteiger partial charge in [-0.15, -0.1) is 0 Å². The highest BCUT2D eigenvalue weighted by Crippen LogP contribution is 2.13. The summed E-state index contributed by atoms with van der Waals surface area (Å²) in [6.07, 6.45) is 0.877. The van der Waals surface area contributed by atoms with Gasteiger partial charge in [0.1, 0.15) is 0 Å². The molecule has 112 valence electrons. The maximum Gasteiger partial charge on any atom is 0.500 e. The van der Waals surface area contributed by atoms with Crippen molar-refractivity contribution in [3.8, 4) is 0 Å². The fourth-order valence-electron chi connectivity index (χ4n) is 1.16. The third kappa shape index (κ3) is 9.13. The van der Waals surface area contributed by atoms with Gasteiger partial charge in [-0.3, -0.25) is 0 Å². The second kappa shape index (κ2) is 13.6. The Morgan fingerprint density at radius 3 is 1.39 bits per heavy atom. The van der Waals surface area contributed by atoms with E-state index >= 15 is 0 Å². The minimum absolute atomic E-state index is 0.644. The Balaban J connectivity index is 0. The first-order valence-corrected chi connectivity index (χ1v) is 8.88. The quantitative estimate of drug-likeness (QED) is 0.593. The fraction of sp³-hybridized carbons (Fsp3) is 1.00. The van der Waals surface area contributed by atoms with Gasteiger partial charge in [0.05, 0.1) is 0 Å². The Kier molecular flexibility index (Phi) is 15.4. The summed E-state index contributed by atoms with van der Waals surface area (Å²) in [6.45, 7) is 0.644. The second-order valence-electron chi connectivity index (χ2n) is 3.18. The van der Waals surface area contributed by atoms with Crippen molar-refractivity contribution < 1.29 is 26.6 Å². The van der Waals surface area contributed by atoms with Gasteiger partial charge in [-0.05, 0) is 13.0 Å². The van der Waals surface area contributed by atoms with E-state index < -0.39 is 18.3 Å². The van der Waals surface area contributed by atoms with E-state index in [0.29, 0.717) is 6.54 Å². The van der Waals surface area contributed by atoms with Crippen LogP contribution in [0, 0.1) is 0 Å². The molecule has 0 saturated carbocycles. The lowest BCUT2D eigenvalue weighted by molar-refractivity contribution is 0.123. The Morgan fingerprint density at radius 2 is 1.22 bits per heavy atom. The Bertz CT molecular complexity index is 155. The number of hydrogen-bond acceptors (Lipinski definition) is 7. The molecule has 9 heteroatoms. The zero-order valence-electron chi connectivity index (χ0n) is 12.2. The molecule has 18 heavy (non-hydrogen) atoms. The zero-order valence-corrected chi connectivity index (χ0v) is 14.4. The Morgan fingerprint density at radius 1 is 0.833 bits per heavy atom. The molecule has 7 nitrogen and oxygen atoms in total. The highest BCUT2D eigenvalue weighted by Gasteiger charge is 2.36. The van der Waals surface area contributed by atoms with Gasteiger partial charge in [-0.1, -0.05) is 0 Å². The van der Waals surface area contributed by atoms with Gasteiger partial charge >= 0.3 is 18.3 Å². The van der Waals surface area contributed by atoms with Crippen LogP contribution in [0.3, 0.4) is 0 Å². The average Bonchev–Trinajstić information content (AvgIpc) is 2.44. The summed E-state index contributed by atoms with van der Waals surface area (Å²) in [5.41, 5.74) is 5.36. The van der Waals surface area contributed by atoms with Crippen LogP contribution in [-0.4, -0.2) is 67.5 Å². The van der Waals surface area contributed by atoms with Crippen LogP contribution in [-0.2, 0) is 26.6 Å². The van der Waals surface area contributed by atoms with E-state index in [2.05, 4.69) is 0 Å². The first-order valence-electron chi connectivity index (χ1n) is 5.53. The lowest BCUT2D eigenvalue weighted by atomic mass is 10.5. The molecule has 0 aliphatic rings. The summed E-state index contributed by atoms with van der Waals surface area (Å²) in [6, 6.07) is 0.785. The molecular formula is C9H27NO6Si2. The monoisotopic (exact) mass is 301 g/mol. The molecule has 0 aromatic carbocycles. The van der Waals surface area contributed by atoms with Crippen LogP contribution in [0.4, 0.5) is 0 Å². The molecule has 0 radical (unpaired) electrons. The van der Waals surface area contributed by atoms with Crippen molar-refractivity contribution in [2.75, 3.05) is 49.2 Å². The van der Waals surface area contributed by atoms with Gasteiger partial charge in [0.2, 0.25) is 0 Å². The highest BCUT2D eigenvalue weighted by atomic mass is 28.4. The van der Waals surface area contributed by atoms with Gasteiger partial charge in [0.25, 0.3) is 0 Å². The van der Waals surface area contributed by atoms with Crippen LogP contribution >= 0.6 is 0 Å². The summed E-state index contributed by atoms with van der Waals surface area (Å²) in [5, 5.41) is 0. The first-order chi connectivity index (χ1) is 8.59. The van der Waals surface area contributed by atoms with Crippen molar-refractivity contribution >= 4 is 18.3 Å². The molecule has 0 aromatic rings. The van der Waals surface area contributed by atoms with Crippen LogP contribution in [0.5, 0.6) is 0 Å². The zero-order chi connectivity index (χ0) is 14.4. The summed E-state index contributed by atoms with van der Waals surface area (Å²) < 4.78 is 29.8. The molecule has 0 aliphatic heterocycles. The van der Waals surface area contributed by atoms with Gasteiger partial charge in [0.15, 0.2) is 0 Å². The van der Waals surface area contributed by atoms with Crippen LogP contribution < -0.4 is 5.73 Å². The predicted molar refractivity (Wildman–Crippen MR) is 73.4 cm³/mol. The smallest absolute Gasteiger partial charge is 0.379 e. The standard InChI is InChI=1S/C6H17NO3Si.C3H10O3Si/c1-8-11(9-2,10-3)6-4-5-7;1-4-7(5-2)6-3/h4-7H2,1-3H3;7H,1-3H3. The molecule has 0 spiro atoms. The molecule has 0 rings (SSSR count). The number of hydrogen-bond donors (Lipinski definition) is 1. The van der Waals surface area contributed by atoms with Crippen LogP contribution in [0.1, 0.15) is 6.42 Å². The highest BCUT2D eigenvalue weighted by molar-refractivity contribution is 6.60. The van der Waals surface area contributed by atoms with Crippen molar-refractivity contribution in [1.29, 1.82) is 0 Å². The normalized spacial score (nSPS) is 11.3. The van der Waals surface area contributed by atoms with E-state index in [1.807, 2.05) is 0 Å². The van der Waals surface area contributed by atoms with Crippen LogP contribution in [0.25, 0.3) is 0 Å². The maximum absolute atomic E-state index is 5.36. The minimum Gasteiger partial charge on any atom is -0.379 e. The Hall–Kier alpha value is 0.154. The SMILES string of the molecule is CO[SiH](OC)OC.CO[Si](CCCN)(OC)OC. The molecular weight excluding hydrogens is 274 g/mol. The van der Waals surface area contributed by atoms with E-state index in [4.69, 9.17) is 32.3 Å². The lowest BCUT2D eigenvalue weighted by Gasteiger charge is -2.23. The van der Waals surface area contributed by atoms with Crippen molar-refractivity contribution in [3.05, 3.63) is 0 Å². The Labute approximate surface area is 113 Å². The van der Waals surface area contributed by atoms with Gasteiger partial charge in [0, 0.05) is 48.7 Å². The minimum atomic E-state index is -2.32. The van der Waals surface area contributed by atoms with E-state index in [1.165, 1.54) is 0 Å². The van der Waals surface area contributed by atoms with E-state index in [0.717, 1.165) is 12.5 Å². The van der Waals surface area contributed by atoms with Crippen molar-refractivity contribution in [2.45, 2.75) is 12.5 Å². The third-order valence-corrected chi connectivity index (χ3v) is 6.18. The number of rotatable bonds is 9. The topological polar surface area (TPSA) is 81.4 Å². The first kappa shape index (κ1) is 20.5. The van der Waals surface area contributed by atoms with E-state index in [1.54, 1.807) is 42.7 Å². The van der Waals surface area contributed by atoms with Crippen LogP contribution in [0.2, 0.25) is 6.04 Å². The maximum atomic E-state index is 5.36. The molecule has 0 amide bonds. The third-order valence-electron chi connectivity index (χ3n) is 2.20. The van der Waals surface area contributed by atoms with Crippen molar-refractivity contribution in [3.63, 3.8) is 0 Å². The van der Waals surface area contributed by atoms with Crippen LogP contribution in [0.15, 0.2) is 0 Å².